The average molecular weight is 348 g/mol. The molecular weight excluding hydrogens is 314 g/mol. The highest BCUT2D eigenvalue weighted by atomic mass is 32.2. The van der Waals surface area contributed by atoms with Crippen molar-refractivity contribution in [3.05, 3.63) is 0 Å². The number of rotatable bonds is 9. The summed E-state index contributed by atoms with van der Waals surface area (Å²) in [5.41, 5.74) is 0. The smallest absolute Gasteiger partial charge is 0.211 e. The fourth-order valence-electron chi connectivity index (χ4n) is 2.69. The zero-order valence-corrected chi connectivity index (χ0v) is 15.6. The SMILES string of the molecule is CCS(=O)(=O)NCCNC(=NC)NCCCN1CCCCC1C. The molecule has 1 unspecified atom stereocenters. The molecule has 7 nitrogen and oxygen atoms in total. The van der Waals surface area contributed by atoms with Crippen LogP contribution in [0.2, 0.25) is 0 Å². The summed E-state index contributed by atoms with van der Waals surface area (Å²) < 4.78 is 25.1. The Hall–Kier alpha value is -0.860. The molecule has 1 fully saturated rings. The lowest BCUT2D eigenvalue weighted by Gasteiger charge is -2.33. The number of nitrogens with zero attached hydrogens (tertiary/aromatic N) is 2. The number of likely N-dealkylation sites (tertiary alicyclic amines) is 1. The van der Waals surface area contributed by atoms with Gasteiger partial charge < -0.3 is 15.5 Å². The summed E-state index contributed by atoms with van der Waals surface area (Å²) in [6.07, 6.45) is 5.06. The molecule has 23 heavy (non-hydrogen) atoms. The minimum Gasteiger partial charge on any atom is -0.356 e. The number of sulfonamides is 1. The lowest BCUT2D eigenvalue weighted by molar-refractivity contribution is 0.159. The number of nitrogens with one attached hydrogen (secondary N) is 3. The number of hydrogen-bond donors (Lipinski definition) is 3. The second-order valence-electron chi connectivity index (χ2n) is 5.96. The molecule has 0 aromatic heterocycles. The molecule has 136 valence electrons. The highest BCUT2D eigenvalue weighted by molar-refractivity contribution is 7.89. The lowest BCUT2D eigenvalue weighted by Crippen LogP contribution is -2.43. The molecule has 0 amide bonds. The molecule has 0 saturated carbocycles. The molecular formula is C15H33N5O2S. The lowest BCUT2D eigenvalue weighted by atomic mass is 10.0. The maximum atomic E-state index is 11.3. The van der Waals surface area contributed by atoms with Crippen molar-refractivity contribution in [1.82, 2.24) is 20.3 Å². The average Bonchev–Trinajstić information content (AvgIpc) is 2.55. The highest BCUT2D eigenvalue weighted by Gasteiger charge is 2.17. The molecule has 8 heteroatoms. The van der Waals surface area contributed by atoms with Crippen molar-refractivity contribution in [3.63, 3.8) is 0 Å². The van der Waals surface area contributed by atoms with Gasteiger partial charge in [0, 0.05) is 39.3 Å². The van der Waals surface area contributed by atoms with Crippen molar-refractivity contribution in [1.29, 1.82) is 0 Å². The van der Waals surface area contributed by atoms with Crippen LogP contribution in [0, 0.1) is 0 Å². The summed E-state index contributed by atoms with van der Waals surface area (Å²) in [5.74, 6) is 0.821. The quantitative estimate of drug-likeness (QED) is 0.318. The van der Waals surface area contributed by atoms with E-state index < -0.39 is 10.0 Å². The van der Waals surface area contributed by atoms with Gasteiger partial charge >= 0.3 is 0 Å². The van der Waals surface area contributed by atoms with E-state index >= 15 is 0 Å². The predicted octanol–water partition coefficient (Wildman–Crippen LogP) is 0.355. The minimum absolute atomic E-state index is 0.106. The van der Waals surface area contributed by atoms with E-state index in [1.807, 2.05) is 0 Å². The summed E-state index contributed by atoms with van der Waals surface area (Å²) in [6.45, 7) is 8.00. The van der Waals surface area contributed by atoms with Crippen molar-refractivity contribution >= 4 is 16.0 Å². The molecule has 1 heterocycles. The Labute approximate surface area is 141 Å². The molecule has 1 saturated heterocycles. The highest BCUT2D eigenvalue weighted by Crippen LogP contribution is 2.15. The Morgan fingerprint density at radius 1 is 1.22 bits per heavy atom. The van der Waals surface area contributed by atoms with E-state index in [2.05, 4.69) is 32.2 Å². The van der Waals surface area contributed by atoms with Crippen LogP contribution in [0.15, 0.2) is 4.99 Å². The first kappa shape index (κ1) is 20.2. The molecule has 1 aliphatic heterocycles. The number of piperidine rings is 1. The monoisotopic (exact) mass is 347 g/mol. The third-order valence-electron chi connectivity index (χ3n) is 4.20. The van der Waals surface area contributed by atoms with Crippen LogP contribution in [0.1, 0.15) is 39.5 Å². The van der Waals surface area contributed by atoms with Gasteiger partial charge in [0.25, 0.3) is 0 Å². The van der Waals surface area contributed by atoms with Crippen molar-refractivity contribution in [2.45, 2.75) is 45.6 Å². The summed E-state index contributed by atoms with van der Waals surface area (Å²) in [5, 5.41) is 6.38. The third-order valence-corrected chi connectivity index (χ3v) is 5.60. The topological polar surface area (TPSA) is 85.8 Å². The van der Waals surface area contributed by atoms with Gasteiger partial charge in [-0.25, -0.2) is 13.1 Å². The van der Waals surface area contributed by atoms with Crippen LogP contribution in [0.5, 0.6) is 0 Å². The van der Waals surface area contributed by atoms with Crippen LogP contribution in [0.25, 0.3) is 0 Å². The van der Waals surface area contributed by atoms with Crippen molar-refractivity contribution in [2.75, 3.05) is 45.5 Å². The molecule has 0 bridgehead atoms. The zero-order valence-electron chi connectivity index (χ0n) is 14.8. The fraction of sp³-hybridized carbons (Fsp3) is 0.933. The van der Waals surface area contributed by atoms with Gasteiger partial charge in [0.2, 0.25) is 10.0 Å². The van der Waals surface area contributed by atoms with Crippen LogP contribution in [0.3, 0.4) is 0 Å². The Bertz CT molecular complexity index is 453. The van der Waals surface area contributed by atoms with Gasteiger partial charge in [0.15, 0.2) is 5.96 Å². The van der Waals surface area contributed by atoms with Crippen LogP contribution >= 0.6 is 0 Å². The number of hydrogen-bond acceptors (Lipinski definition) is 4. The van der Waals surface area contributed by atoms with Crippen LogP contribution < -0.4 is 15.4 Å². The van der Waals surface area contributed by atoms with Gasteiger partial charge in [-0.15, -0.1) is 0 Å². The van der Waals surface area contributed by atoms with E-state index in [0.29, 0.717) is 25.1 Å². The van der Waals surface area contributed by atoms with Gasteiger partial charge in [-0.3, -0.25) is 4.99 Å². The van der Waals surface area contributed by atoms with E-state index in [9.17, 15) is 8.42 Å². The van der Waals surface area contributed by atoms with Gasteiger partial charge in [-0.05, 0) is 39.7 Å². The normalized spacial score (nSPS) is 20.5. The van der Waals surface area contributed by atoms with Crippen molar-refractivity contribution in [2.24, 2.45) is 4.99 Å². The maximum absolute atomic E-state index is 11.3. The first-order chi connectivity index (χ1) is 11.0. The maximum Gasteiger partial charge on any atom is 0.211 e. The first-order valence-electron chi connectivity index (χ1n) is 8.64. The van der Waals surface area contributed by atoms with Crippen molar-refractivity contribution in [3.8, 4) is 0 Å². The fourth-order valence-corrected chi connectivity index (χ4v) is 3.31. The standard InChI is InChI=1S/C15H33N5O2S/c1-4-23(21,22)19-11-10-18-15(16-3)17-9-7-13-20-12-6-5-8-14(20)2/h14,19H,4-13H2,1-3H3,(H2,16,17,18). The molecule has 0 radical (unpaired) electrons. The van der Waals surface area contributed by atoms with Gasteiger partial charge in [0.1, 0.15) is 0 Å². The minimum atomic E-state index is -3.12. The predicted molar refractivity (Wildman–Crippen MR) is 96.3 cm³/mol. The van der Waals surface area contributed by atoms with E-state index in [-0.39, 0.29) is 5.75 Å². The van der Waals surface area contributed by atoms with E-state index in [1.54, 1.807) is 14.0 Å². The first-order valence-corrected chi connectivity index (χ1v) is 10.3. The Balaban J connectivity index is 2.12. The summed E-state index contributed by atoms with van der Waals surface area (Å²) in [4.78, 5) is 6.70. The number of aliphatic imine (C=N–C) groups is 1. The molecule has 1 aliphatic rings. The summed E-state index contributed by atoms with van der Waals surface area (Å²) in [6, 6.07) is 0.702. The molecule has 0 aromatic carbocycles. The molecule has 3 N–H and O–H groups in total. The van der Waals surface area contributed by atoms with Crippen molar-refractivity contribution < 1.29 is 8.42 Å². The molecule has 0 spiro atoms. The Morgan fingerprint density at radius 2 is 1.96 bits per heavy atom. The van der Waals surface area contributed by atoms with Crippen LogP contribution in [-0.4, -0.2) is 70.8 Å². The van der Waals surface area contributed by atoms with E-state index in [1.165, 1.54) is 25.8 Å². The van der Waals surface area contributed by atoms with Gasteiger partial charge in [0.05, 0.1) is 5.75 Å². The Morgan fingerprint density at radius 3 is 2.61 bits per heavy atom. The molecule has 1 atom stereocenters. The summed E-state index contributed by atoms with van der Waals surface area (Å²) in [7, 11) is -1.40. The summed E-state index contributed by atoms with van der Waals surface area (Å²) >= 11 is 0. The second kappa shape index (κ2) is 10.8. The second-order valence-corrected chi connectivity index (χ2v) is 8.05. The molecule has 0 aromatic rings. The van der Waals surface area contributed by atoms with Gasteiger partial charge in [-0.1, -0.05) is 6.42 Å². The van der Waals surface area contributed by atoms with Crippen LogP contribution in [0.4, 0.5) is 0 Å². The largest absolute Gasteiger partial charge is 0.356 e. The zero-order chi connectivity index (χ0) is 17.1. The molecule has 0 aliphatic carbocycles. The third kappa shape index (κ3) is 8.53. The molecule has 1 rings (SSSR count). The Kier molecular flexibility index (Phi) is 9.50. The van der Waals surface area contributed by atoms with Crippen LogP contribution in [-0.2, 0) is 10.0 Å². The van der Waals surface area contributed by atoms with Gasteiger partial charge in [-0.2, -0.15) is 0 Å². The van der Waals surface area contributed by atoms with E-state index in [0.717, 1.165) is 19.5 Å². The van der Waals surface area contributed by atoms with E-state index in [4.69, 9.17) is 0 Å². The number of guanidine groups is 1.